The van der Waals surface area contributed by atoms with Crippen LogP contribution < -0.4 is 5.32 Å². The fraction of sp³-hybridized carbons (Fsp3) is 0.969. The zero-order chi connectivity index (χ0) is 43.6. The Morgan fingerprint density at radius 3 is 1.22 bits per heavy atom. The van der Waals surface area contributed by atoms with Crippen LogP contribution in [0.1, 0.15) is 6.92 Å². The number of carbonyl (C=O) groups excluding carboxylic acids is 1. The molecule has 0 aromatic rings. The predicted octanol–water partition coefficient (Wildman–Crippen LogP) is -11.8. The van der Waals surface area contributed by atoms with Crippen LogP contribution in [0.5, 0.6) is 0 Å². The van der Waals surface area contributed by atoms with Crippen LogP contribution in [-0.4, -0.2) is 274 Å². The predicted molar refractivity (Wildman–Crippen MR) is 178 cm³/mol. The van der Waals surface area contributed by atoms with E-state index < -0.39 is 192 Å². The van der Waals surface area contributed by atoms with Crippen LogP contribution in [0.2, 0.25) is 0 Å². The lowest BCUT2D eigenvalue weighted by Crippen LogP contribution is -2.69. The Morgan fingerprint density at radius 1 is 0.407 bits per heavy atom. The van der Waals surface area contributed by atoms with Gasteiger partial charge in [0.25, 0.3) is 0 Å². The van der Waals surface area contributed by atoms with Crippen molar-refractivity contribution in [1.82, 2.24) is 5.32 Å². The molecule has 344 valence electrons. The highest BCUT2D eigenvalue weighted by atomic mass is 16.8. The monoisotopic (exact) mass is 869 g/mol. The first kappa shape index (κ1) is 48.5. The minimum absolute atomic E-state index is 0.728. The zero-order valence-electron chi connectivity index (χ0n) is 31.2. The molecule has 27 heteroatoms. The SMILES string of the molecule is CC(=O)N[C@H]1[C@@H](O[C@H]2[C@@H](O)[C@@H](CO)O[C@@H](O[C@H]3[C@@H](O)[C@@H](CO)O[C@H](O[C@@H]4[C@H](O)[C@@H](O)[C@H](O[C@H]5[C@H](O)[C@@H](O)[C@H](O)O[C@@H]5CO)O[C@@H]4CO)[C@@H]3O)[C@@H]2O)O[C@H](CO)[C@H](O)[C@@H]1O. The van der Waals surface area contributed by atoms with E-state index in [1.54, 1.807) is 0 Å². The van der Waals surface area contributed by atoms with Gasteiger partial charge in [0.05, 0.1) is 33.0 Å². The molecule has 0 bridgehead atoms. The van der Waals surface area contributed by atoms with Crippen molar-refractivity contribution in [2.45, 2.75) is 160 Å². The lowest BCUT2D eigenvalue weighted by molar-refractivity contribution is -0.392. The van der Waals surface area contributed by atoms with Crippen molar-refractivity contribution in [2.75, 3.05) is 33.0 Å². The van der Waals surface area contributed by atoms with Crippen LogP contribution in [0.3, 0.4) is 0 Å². The molecule has 1 amide bonds. The summed E-state index contributed by atoms with van der Waals surface area (Å²) in [5.74, 6) is -0.728. The Bertz CT molecular complexity index is 1320. The van der Waals surface area contributed by atoms with Crippen LogP contribution in [0, 0.1) is 0 Å². The van der Waals surface area contributed by atoms with Crippen molar-refractivity contribution >= 4 is 5.91 Å². The van der Waals surface area contributed by atoms with E-state index in [0.717, 1.165) is 6.92 Å². The average Bonchev–Trinajstić information content (AvgIpc) is 3.21. The van der Waals surface area contributed by atoms with E-state index >= 15 is 0 Å². The van der Waals surface area contributed by atoms with Crippen molar-refractivity contribution in [2.24, 2.45) is 0 Å². The van der Waals surface area contributed by atoms with Gasteiger partial charge in [-0.25, -0.2) is 0 Å². The summed E-state index contributed by atoms with van der Waals surface area (Å²) >= 11 is 0. The average molecular weight is 870 g/mol. The summed E-state index contributed by atoms with van der Waals surface area (Å²) in [5, 5.41) is 170. The van der Waals surface area contributed by atoms with Gasteiger partial charge in [0.1, 0.15) is 122 Å². The molecule has 0 saturated carbocycles. The molecular formula is C32H55NO26. The number of nitrogens with one attached hydrogen (secondary N) is 1. The fourth-order valence-electron chi connectivity index (χ4n) is 7.43. The second-order valence-corrected chi connectivity index (χ2v) is 14.7. The first-order chi connectivity index (χ1) is 27.9. The largest absolute Gasteiger partial charge is 0.394 e. The maximum atomic E-state index is 11.9. The van der Waals surface area contributed by atoms with E-state index in [1.807, 2.05) is 0 Å². The standard InChI is InChI=1S/C32H55NO26/c1-7(39)33-13-17(43)14(40)8(2-34)52-29(13)58-26-15(41)9(3-35)54-32(22(26)48)59-27-16(42)10(4-36)53-31(23(27)49)57-25-12(6-38)55-30(21(47)19(25)45)56-24-11(5-37)51-28(50)20(46)18(24)44/h8-32,34-38,40-50H,2-6H2,1H3,(H,33,39)/t8-,9-,10-,11-,12-,13-,14+,15+,16+,17-,18-,19-,20-,21-,22-,23-,24-,25+,26+,27+,28-,29-,30+,31-,32+/m1/s1. The molecule has 5 rings (SSSR count). The van der Waals surface area contributed by atoms with Gasteiger partial charge in [0.15, 0.2) is 31.5 Å². The number of ether oxygens (including phenoxy) is 9. The van der Waals surface area contributed by atoms with Crippen LogP contribution in [0.15, 0.2) is 0 Å². The molecule has 0 radical (unpaired) electrons. The van der Waals surface area contributed by atoms with Gasteiger partial charge >= 0.3 is 0 Å². The Kier molecular flexibility index (Phi) is 17.1. The van der Waals surface area contributed by atoms with E-state index in [2.05, 4.69) is 5.32 Å². The second kappa shape index (κ2) is 20.8. The van der Waals surface area contributed by atoms with Gasteiger partial charge < -0.3 is 130 Å². The maximum Gasteiger partial charge on any atom is 0.217 e. The molecule has 0 spiro atoms. The minimum Gasteiger partial charge on any atom is -0.394 e. The van der Waals surface area contributed by atoms with E-state index in [-0.39, 0.29) is 0 Å². The molecule has 25 atom stereocenters. The fourth-order valence-corrected chi connectivity index (χ4v) is 7.43. The summed E-state index contributed by atoms with van der Waals surface area (Å²) in [5.41, 5.74) is 0. The molecule has 0 aromatic carbocycles. The quantitative estimate of drug-likeness (QED) is 0.0770. The third kappa shape index (κ3) is 10.2. The van der Waals surface area contributed by atoms with Gasteiger partial charge in [-0.3, -0.25) is 4.79 Å². The number of amides is 1. The van der Waals surface area contributed by atoms with Crippen LogP contribution in [-0.2, 0) is 47.4 Å². The molecule has 59 heavy (non-hydrogen) atoms. The third-order valence-electron chi connectivity index (χ3n) is 10.7. The number of carbonyl (C=O) groups is 1. The Balaban J connectivity index is 1.32. The van der Waals surface area contributed by atoms with Gasteiger partial charge in [-0.2, -0.15) is 0 Å². The number of hydrogen-bond acceptors (Lipinski definition) is 26. The number of hydrogen-bond donors (Lipinski definition) is 17. The van der Waals surface area contributed by atoms with Crippen molar-refractivity contribution in [3.63, 3.8) is 0 Å². The lowest BCUT2D eigenvalue weighted by Gasteiger charge is -2.49. The van der Waals surface area contributed by atoms with Crippen molar-refractivity contribution in [3.8, 4) is 0 Å². The van der Waals surface area contributed by atoms with E-state index in [9.17, 15) is 86.5 Å². The van der Waals surface area contributed by atoms with Crippen LogP contribution >= 0.6 is 0 Å². The van der Waals surface area contributed by atoms with Crippen molar-refractivity contribution in [1.29, 1.82) is 0 Å². The summed E-state index contributed by atoms with van der Waals surface area (Å²) in [6.45, 7) is -3.54. The number of aliphatic hydroxyl groups excluding tert-OH is 16. The first-order valence-electron chi connectivity index (χ1n) is 18.6. The maximum absolute atomic E-state index is 11.9. The molecule has 5 aliphatic rings. The second-order valence-electron chi connectivity index (χ2n) is 14.7. The highest BCUT2D eigenvalue weighted by Gasteiger charge is 2.56. The molecular weight excluding hydrogens is 814 g/mol. The molecule has 17 N–H and O–H groups in total. The van der Waals surface area contributed by atoms with Crippen molar-refractivity contribution in [3.05, 3.63) is 0 Å². The lowest BCUT2D eigenvalue weighted by atomic mass is 9.95. The molecule has 5 heterocycles. The molecule has 0 aliphatic carbocycles. The first-order valence-corrected chi connectivity index (χ1v) is 18.6. The molecule has 0 unspecified atom stereocenters. The van der Waals surface area contributed by atoms with Gasteiger partial charge in [0, 0.05) is 6.92 Å². The third-order valence-corrected chi connectivity index (χ3v) is 10.7. The molecule has 0 aromatic heterocycles. The van der Waals surface area contributed by atoms with Crippen LogP contribution in [0.25, 0.3) is 0 Å². The molecule has 5 fully saturated rings. The highest BCUT2D eigenvalue weighted by molar-refractivity contribution is 5.73. The Labute approximate surface area is 333 Å². The van der Waals surface area contributed by atoms with Gasteiger partial charge in [-0.05, 0) is 0 Å². The smallest absolute Gasteiger partial charge is 0.217 e. The molecule has 27 nitrogen and oxygen atoms in total. The van der Waals surface area contributed by atoms with Crippen molar-refractivity contribution < 1.29 is 129 Å². The minimum atomic E-state index is -2.15. The van der Waals surface area contributed by atoms with Gasteiger partial charge in [-0.15, -0.1) is 0 Å². The summed E-state index contributed by atoms with van der Waals surface area (Å²) in [7, 11) is 0. The van der Waals surface area contributed by atoms with Gasteiger partial charge in [0.2, 0.25) is 5.91 Å². The molecule has 5 saturated heterocycles. The van der Waals surface area contributed by atoms with Crippen LogP contribution in [0.4, 0.5) is 0 Å². The Morgan fingerprint density at radius 2 is 0.763 bits per heavy atom. The summed E-state index contributed by atoms with van der Waals surface area (Å²) in [6, 6.07) is -1.55. The summed E-state index contributed by atoms with van der Waals surface area (Å²) in [6.07, 6.45) is -44.5. The zero-order valence-corrected chi connectivity index (χ0v) is 31.2. The van der Waals surface area contributed by atoms with Gasteiger partial charge in [-0.1, -0.05) is 0 Å². The highest BCUT2D eigenvalue weighted by Crippen LogP contribution is 2.35. The summed E-state index contributed by atoms with van der Waals surface area (Å²) < 4.78 is 49.8. The van der Waals surface area contributed by atoms with E-state index in [0.29, 0.717) is 0 Å². The number of aliphatic hydroxyl groups is 16. The normalized spacial score (nSPS) is 51.0. The van der Waals surface area contributed by atoms with E-state index in [1.165, 1.54) is 0 Å². The molecule has 5 aliphatic heterocycles. The summed E-state index contributed by atoms with van der Waals surface area (Å²) in [4.78, 5) is 11.9. The van der Waals surface area contributed by atoms with E-state index in [4.69, 9.17) is 42.6 Å². The Hall–Kier alpha value is -1.53. The number of rotatable bonds is 14. The topological polar surface area (TPSA) is 436 Å².